The number of allylic oxidation sites excluding steroid dienone is 2. The minimum Gasteiger partial charge on any atom is -0.299 e. The van der Waals surface area contributed by atoms with Crippen molar-refractivity contribution in [1.29, 1.82) is 0 Å². The zero-order valence-corrected chi connectivity index (χ0v) is 8.18. The molecule has 0 aromatic rings. The molecular formula is C12H16O. The Hall–Kier alpha value is -1.03. The number of aldehydes is 1. The van der Waals surface area contributed by atoms with E-state index in [0.29, 0.717) is 5.92 Å². The first-order valence-corrected chi connectivity index (χ1v) is 4.96. The molecule has 1 nitrogen and oxygen atoms in total. The molecule has 1 fully saturated rings. The highest BCUT2D eigenvalue weighted by Crippen LogP contribution is 2.22. The van der Waals surface area contributed by atoms with Crippen LogP contribution in [0.1, 0.15) is 39.0 Å². The van der Waals surface area contributed by atoms with Crippen LogP contribution in [-0.2, 0) is 4.79 Å². The maximum Gasteiger partial charge on any atom is 0.143 e. The van der Waals surface area contributed by atoms with Crippen LogP contribution in [0, 0.1) is 17.8 Å². The number of carbonyl (C=O) groups excluding carboxylic acids is 1. The third-order valence-electron chi connectivity index (χ3n) is 2.40. The van der Waals surface area contributed by atoms with Gasteiger partial charge in [0.25, 0.3) is 0 Å². The van der Waals surface area contributed by atoms with Crippen LogP contribution in [0.4, 0.5) is 0 Å². The molecule has 1 heteroatoms. The van der Waals surface area contributed by atoms with Gasteiger partial charge in [0.2, 0.25) is 0 Å². The minimum absolute atomic E-state index is 0.573. The maximum atomic E-state index is 10.1. The summed E-state index contributed by atoms with van der Waals surface area (Å²) in [5.74, 6) is 6.84. The molecule has 0 unspecified atom stereocenters. The average molecular weight is 176 g/mol. The second-order valence-corrected chi connectivity index (χ2v) is 3.59. The molecule has 1 rings (SSSR count). The molecule has 1 saturated carbocycles. The van der Waals surface area contributed by atoms with Gasteiger partial charge in [-0.3, -0.25) is 4.79 Å². The van der Waals surface area contributed by atoms with Crippen molar-refractivity contribution in [2.24, 2.45) is 5.92 Å². The third-order valence-corrected chi connectivity index (χ3v) is 2.40. The molecule has 0 bridgehead atoms. The summed E-state index contributed by atoms with van der Waals surface area (Å²) in [6.07, 6.45) is 8.79. The highest BCUT2D eigenvalue weighted by atomic mass is 16.1. The van der Waals surface area contributed by atoms with E-state index in [1.54, 1.807) is 0 Å². The van der Waals surface area contributed by atoms with E-state index in [9.17, 15) is 4.79 Å². The summed E-state index contributed by atoms with van der Waals surface area (Å²) >= 11 is 0. The molecule has 1 aliphatic carbocycles. The van der Waals surface area contributed by atoms with Crippen LogP contribution in [-0.4, -0.2) is 6.29 Å². The van der Waals surface area contributed by atoms with Crippen molar-refractivity contribution >= 4 is 6.29 Å². The van der Waals surface area contributed by atoms with Gasteiger partial charge in [-0.2, -0.15) is 0 Å². The number of hydrogen-bond acceptors (Lipinski definition) is 1. The Bertz CT molecular complexity index is 246. The van der Waals surface area contributed by atoms with Crippen molar-refractivity contribution in [2.45, 2.75) is 39.0 Å². The zero-order chi connectivity index (χ0) is 9.52. The molecule has 0 aliphatic heterocycles. The lowest BCUT2D eigenvalue weighted by molar-refractivity contribution is -0.104. The van der Waals surface area contributed by atoms with Gasteiger partial charge in [-0.1, -0.05) is 31.1 Å². The lowest BCUT2D eigenvalue weighted by Crippen LogP contribution is -2.02. The van der Waals surface area contributed by atoms with Crippen LogP contribution in [0.3, 0.4) is 0 Å². The molecule has 0 aromatic heterocycles. The van der Waals surface area contributed by atoms with E-state index in [1.807, 2.05) is 6.92 Å². The van der Waals surface area contributed by atoms with Crippen LogP contribution in [0.15, 0.2) is 11.6 Å². The second-order valence-electron chi connectivity index (χ2n) is 3.59. The summed E-state index contributed by atoms with van der Waals surface area (Å²) < 4.78 is 0. The summed E-state index contributed by atoms with van der Waals surface area (Å²) in [6.45, 7) is 1.88. The molecule has 0 saturated heterocycles. The van der Waals surface area contributed by atoms with Gasteiger partial charge in [0.15, 0.2) is 0 Å². The van der Waals surface area contributed by atoms with Gasteiger partial charge >= 0.3 is 0 Å². The molecule has 13 heavy (non-hydrogen) atoms. The molecule has 0 atom stereocenters. The monoisotopic (exact) mass is 176 g/mol. The second kappa shape index (κ2) is 5.59. The van der Waals surface area contributed by atoms with E-state index >= 15 is 0 Å². The van der Waals surface area contributed by atoms with Gasteiger partial charge in [0, 0.05) is 11.5 Å². The fourth-order valence-electron chi connectivity index (χ4n) is 1.61. The fourth-order valence-corrected chi connectivity index (χ4v) is 1.61. The quantitative estimate of drug-likeness (QED) is 0.341. The molecule has 0 amide bonds. The summed E-state index contributed by atoms with van der Waals surface area (Å²) in [5.41, 5.74) is 0.876. The maximum absolute atomic E-state index is 10.1. The lowest BCUT2D eigenvalue weighted by atomic mass is 9.90. The lowest BCUT2D eigenvalue weighted by Gasteiger charge is -2.15. The van der Waals surface area contributed by atoms with Gasteiger partial charge in [-0.05, 0) is 25.8 Å². The Labute approximate surface area is 80.2 Å². The van der Waals surface area contributed by atoms with E-state index in [0.717, 1.165) is 11.9 Å². The van der Waals surface area contributed by atoms with Crippen molar-refractivity contribution in [3.63, 3.8) is 0 Å². The molecule has 70 valence electrons. The SMILES string of the molecule is C/C(C#CC1CCCCC1)=C/C=O. The van der Waals surface area contributed by atoms with E-state index in [2.05, 4.69) is 11.8 Å². The minimum atomic E-state index is 0.573. The number of hydrogen-bond donors (Lipinski definition) is 0. The molecule has 0 N–H and O–H groups in total. The predicted molar refractivity (Wildman–Crippen MR) is 54.2 cm³/mol. The van der Waals surface area contributed by atoms with E-state index in [4.69, 9.17) is 0 Å². The third kappa shape index (κ3) is 3.94. The van der Waals surface area contributed by atoms with Crippen LogP contribution >= 0.6 is 0 Å². The van der Waals surface area contributed by atoms with Crippen LogP contribution in [0.5, 0.6) is 0 Å². The average Bonchev–Trinajstić information content (AvgIpc) is 2.17. The molecule has 1 aliphatic rings. The highest BCUT2D eigenvalue weighted by Gasteiger charge is 2.09. The Kier molecular flexibility index (Phi) is 4.32. The van der Waals surface area contributed by atoms with Gasteiger partial charge in [-0.25, -0.2) is 0 Å². The highest BCUT2D eigenvalue weighted by molar-refractivity contribution is 5.67. The first kappa shape index (κ1) is 10.1. The largest absolute Gasteiger partial charge is 0.299 e. The van der Waals surface area contributed by atoms with Gasteiger partial charge < -0.3 is 0 Å². The Morgan fingerprint density at radius 3 is 2.62 bits per heavy atom. The van der Waals surface area contributed by atoms with E-state index in [1.165, 1.54) is 38.2 Å². The molecular weight excluding hydrogens is 160 g/mol. The van der Waals surface area contributed by atoms with E-state index in [-0.39, 0.29) is 0 Å². The van der Waals surface area contributed by atoms with Crippen LogP contribution in [0.2, 0.25) is 0 Å². The summed E-state index contributed by atoms with van der Waals surface area (Å²) in [4.78, 5) is 10.1. The van der Waals surface area contributed by atoms with Crippen molar-refractivity contribution < 1.29 is 4.79 Å². The normalized spacial score (nSPS) is 19.0. The van der Waals surface area contributed by atoms with Gasteiger partial charge in [0.05, 0.1) is 0 Å². The summed E-state index contributed by atoms with van der Waals surface area (Å²) in [5, 5.41) is 0. The number of carbonyl (C=O) groups is 1. The van der Waals surface area contributed by atoms with Crippen molar-refractivity contribution in [3.8, 4) is 11.8 Å². The van der Waals surface area contributed by atoms with Crippen LogP contribution in [0.25, 0.3) is 0 Å². The topological polar surface area (TPSA) is 17.1 Å². The van der Waals surface area contributed by atoms with Gasteiger partial charge in [-0.15, -0.1) is 0 Å². The first-order chi connectivity index (χ1) is 6.33. The zero-order valence-electron chi connectivity index (χ0n) is 8.18. The molecule has 0 spiro atoms. The summed E-state index contributed by atoms with van der Waals surface area (Å²) in [6, 6.07) is 0. The fraction of sp³-hybridized carbons (Fsp3) is 0.583. The van der Waals surface area contributed by atoms with Crippen molar-refractivity contribution in [3.05, 3.63) is 11.6 Å². The first-order valence-electron chi connectivity index (χ1n) is 4.96. The Morgan fingerprint density at radius 2 is 2.00 bits per heavy atom. The predicted octanol–water partition coefficient (Wildman–Crippen LogP) is 2.72. The number of rotatable bonds is 1. The Morgan fingerprint density at radius 1 is 1.31 bits per heavy atom. The molecule has 0 radical (unpaired) electrons. The van der Waals surface area contributed by atoms with Crippen LogP contribution < -0.4 is 0 Å². The Balaban J connectivity index is 2.44. The van der Waals surface area contributed by atoms with Gasteiger partial charge in [0.1, 0.15) is 6.29 Å². The van der Waals surface area contributed by atoms with Crippen molar-refractivity contribution in [1.82, 2.24) is 0 Å². The summed E-state index contributed by atoms with van der Waals surface area (Å²) in [7, 11) is 0. The van der Waals surface area contributed by atoms with Crippen molar-refractivity contribution in [2.75, 3.05) is 0 Å². The van der Waals surface area contributed by atoms with E-state index < -0.39 is 0 Å². The smallest absolute Gasteiger partial charge is 0.143 e. The standard InChI is InChI=1S/C12H16O/c1-11(9-10-13)7-8-12-5-3-2-4-6-12/h9-10,12H,2-6H2,1H3/b11-9-. The molecule has 0 heterocycles. The molecule has 0 aromatic carbocycles.